The highest BCUT2D eigenvalue weighted by Crippen LogP contribution is 2.36. The van der Waals surface area contributed by atoms with E-state index in [4.69, 9.17) is 9.47 Å². The van der Waals surface area contributed by atoms with Crippen LogP contribution in [0.15, 0.2) is 78.9 Å². The van der Waals surface area contributed by atoms with E-state index in [0.717, 1.165) is 22.6 Å². The van der Waals surface area contributed by atoms with Crippen LogP contribution in [0.1, 0.15) is 27.7 Å². The van der Waals surface area contributed by atoms with Gasteiger partial charge in [-0.15, -0.1) is 0 Å². The Balaban J connectivity index is 1.65. The van der Waals surface area contributed by atoms with Crippen molar-refractivity contribution in [2.45, 2.75) is 12.8 Å². The van der Waals surface area contributed by atoms with Crippen molar-refractivity contribution in [3.05, 3.63) is 95.6 Å². The molecule has 0 bridgehead atoms. The molecule has 148 valence electrons. The Morgan fingerprint density at radius 3 is 2.48 bits per heavy atom. The van der Waals surface area contributed by atoms with E-state index in [2.05, 4.69) is 5.32 Å². The number of ether oxygens (including phenoxy) is 2. The van der Waals surface area contributed by atoms with Gasteiger partial charge in [0.05, 0.1) is 12.2 Å². The molecule has 1 atom stereocenters. The number of anilines is 1. The molecule has 4 rings (SSSR count). The van der Waals surface area contributed by atoms with E-state index in [1.165, 1.54) is 0 Å². The normalized spacial score (nSPS) is 15.6. The van der Waals surface area contributed by atoms with Gasteiger partial charge in [-0.1, -0.05) is 60.7 Å². The topological polar surface area (TPSA) is 50.8 Å². The van der Waals surface area contributed by atoms with Gasteiger partial charge in [-0.3, -0.25) is 4.79 Å². The second-order valence-corrected chi connectivity index (χ2v) is 6.90. The number of amides is 1. The summed E-state index contributed by atoms with van der Waals surface area (Å²) in [6.07, 6.45) is -0.334. The Morgan fingerprint density at radius 1 is 0.931 bits per heavy atom. The molecule has 1 amide bonds. The number of fused-ring (bicyclic) bond motifs is 1. The number of carbonyl (C=O) groups excluding carboxylic acids is 1. The smallest absolute Gasteiger partial charge is 0.257 e. The highest BCUT2D eigenvalue weighted by atomic mass is 16.5. The van der Waals surface area contributed by atoms with Gasteiger partial charge in [-0.25, -0.2) is 0 Å². The van der Waals surface area contributed by atoms with Crippen molar-refractivity contribution in [2.75, 3.05) is 25.6 Å². The molecule has 3 aromatic carbocycles. The Labute approximate surface area is 170 Å². The van der Waals surface area contributed by atoms with Gasteiger partial charge < -0.3 is 19.7 Å². The Morgan fingerprint density at radius 2 is 1.66 bits per heavy atom. The first-order valence-electron chi connectivity index (χ1n) is 9.69. The summed E-state index contributed by atoms with van der Waals surface area (Å²) in [5.41, 5.74) is 3.51. The van der Waals surface area contributed by atoms with E-state index in [1.807, 2.05) is 78.9 Å². The third kappa shape index (κ3) is 4.10. The van der Waals surface area contributed by atoms with Crippen LogP contribution in [0.25, 0.3) is 0 Å². The highest BCUT2D eigenvalue weighted by Gasteiger charge is 2.33. The fourth-order valence-electron chi connectivity index (χ4n) is 3.53. The van der Waals surface area contributed by atoms with Crippen molar-refractivity contribution in [3.63, 3.8) is 0 Å². The summed E-state index contributed by atoms with van der Waals surface area (Å²) in [7, 11) is 1.64. The van der Waals surface area contributed by atoms with Crippen LogP contribution in [0, 0.1) is 0 Å². The van der Waals surface area contributed by atoms with Gasteiger partial charge in [0.1, 0.15) is 18.5 Å². The van der Waals surface area contributed by atoms with E-state index in [1.54, 1.807) is 12.0 Å². The van der Waals surface area contributed by atoms with Gasteiger partial charge in [-0.05, 0) is 23.8 Å². The molecular formula is C24H24N2O3. The molecule has 1 aliphatic heterocycles. The van der Waals surface area contributed by atoms with Crippen molar-refractivity contribution in [3.8, 4) is 5.75 Å². The van der Waals surface area contributed by atoms with E-state index in [0.29, 0.717) is 25.3 Å². The lowest BCUT2D eigenvalue weighted by Gasteiger charge is -2.38. The number of nitrogens with one attached hydrogen (secondary N) is 1. The van der Waals surface area contributed by atoms with Gasteiger partial charge in [0.25, 0.3) is 5.91 Å². The molecule has 1 N–H and O–H groups in total. The van der Waals surface area contributed by atoms with Crippen molar-refractivity contribution in [2.24, 2.45) is 0 Å². The zero-order valence-corrected chi connectivity index (χ0v) is 16.4. The zero-order chi connectivity index (χ0) is 20.1. The first-order valence-corrected chi connectivity index (χ1v) is 9.69. The number of hydrogen-bond acceptors (Lipinski definition) is 4. The largest absolute Gasteiger partial charge is 0.488 e. The lowest BCUT2D eigenvalue weighted by Crippen LogP contribution is -2.44. The SMILES string of the molecule is COCCN1C(=O)c2ccccc2NC1c1ccccc1OCc1ccccc1. The summed E-state index contributed by atoms with van der Waals surface area (Å²) < 4.78 is 11.4. The molecule has 1 aliphatic rings. The summed E-state index contributed by atoms with van der Waals surface area (Å²) in [5.74, 6) is 0.739. The molecule has 1 unspecified atom stereocenters. The molecule has 0 fully saturated rings. The maximum atomic E-state index is 13.2. The monoisotopic (exact) mass is 388 g/mol. The second kappa shape index (κ2) is 8.80. The Bertz CT molecular complexity index is 975. The van der Waals surface area contributed by atoms with Crippen LogP contribution in [0.4, 0.5) is 5.69 Å². The molecule has 0 saturated carbocycles. The van der Waals surface area contributed by atoms with E-state index >= 15 is 0 Å². The molecule has 0 spiro atoms. The summed E-state index contributed by atoms with van der Waals surface area (Å²) in [4.78, 5) is 15.0. The standard InChI is InChI=1S/C24H24N2O3/c1-28-16-15-26-23(25-21-13-7-5-11-19(21)24(26)27)20-12-6-8-14-22(20)29-17-18-9-3-2-4-10-18/h2-14,23,25H,15-17H2,1H3. The predicted molar refractivity (Wildman–Crippen MR) is 113 cm³/mol. The predicted octanol–water partition coefficient (Wildman–Crippen LogP) is 4.48. The molecular weight excluding hydrogens is 364 g/mol. The van der Waals surface area contributed by atoms with Crippen LogP contribution in [-0.4, -0.2) is 31.1 Å². The maximum absolute atomic E-state index is 13.2. The van der Waals surface area contributed by atoms with Crippen LogP contribution in [0.3, 0.4) is 0 Å². The molecule has 0 aliphatic carbocycles. The quantitative estimate of drug-likeness (QED) is 0.648. The van der Waals surface area contributed by atoms with Gasteiger partial charge in [-0.2, -0.15) is 0 Å². The summed E-state index contributed by atoms with van der Waals surface area (Å²) in [5, 5.41) is 3.51. The second-order valence-electron chi connectivity index (χ2n) is 6.90. The van der Waals surface area contributed by atoms with Crippen LogP contribution in [0.5, 0.6) is 5.75 Å². The number of carbonyl (C=O) groups is 1. The molecule has 29 heavy (non-hydrogen) atoms. The average molecular weight is 388 g/mol. The molecule has 1 heterocycles. The summed E-state index contributed by atoms with van der Waals surface area (Å²) >= 11 is 0. The minimum Gasteiger partial charge on any atom is -0.488 e. The lowest BCUT2D eigenvalue weighted by atomic mass is 10.0. The molecule has 0 radical (unpaired) electrons. The fourth-order valence-corrected chi connectivity index (χ4v) is 3.53. The van der Waals surface area contributed by atoms with Crippen LogP contribution < -0.4 is 10.1 Å². The summed E-state index contributed by atoms with van der Waals surface area (Å²) in [6, 6.07) is 25.5. The van der Waals surface area contributed by atoms with E-state index < -0.39 is 0 Å². The number of hydrogen-bond donors (Lipinski definition) is 1. The fraction of sp³-hybridized carbons (Fsp3) is 0.208. The molecule has 5 heteroatoms. The number of rotatable bonds is 7. The third-order valence-electron chi connectivity index (χ3n) is 5.01. The number of benzene rings is 3. The van der Waals surface area contributed by atoms with Gasteiger partial charge in [0.15, 0.2) is 0 Å². The van der Waals surface area contributed by atoms with Crippen LogP contribution in [0.2, 0.25) is 0 Å². The highest BCUT2D eigenvalue weighted by molar-refractivity contribution is 6.01. The lowest BCUT2D eigenvalue weighted by molar-refractivity contribution is 0.0606. The van der Waals surface area contributed by atoms with E-state index in [9.17, 15) is 4.79 Å². The Hall–Kier alpha value is -3.31. The average Bonchev–Trinajstić information content (AvgIpc) is 2.78. The van der Waals surface area contributed by atoms with Gasteiger partial charge in [0.2, 0.25) is 0 Å². The molecule has 3 aromatic rings. The first-order chi connectivity index (χ1) is 14.3. The van der Waals surface area contributed by atoms with Crippen molar-refractivity contribution >= 4 is 11.6 Å². The number of methoxy groups -OCH3 is 1. The van der Waals surface area contributed by atoms with Crippen molar-refractivity contribution in [1.82, 2.24) is 4.90 Å². The third-order valence-corrected chi connectivity index (χ3v) is 5.01. The number of nitrogens with zero attached hydrogens (tertiary/aromatic N) is 1. The van der Waals surface area contributed by atoms with Gasteiger partial charge >= 0.3 is 0 Å². The van der Waals surface area contributed by atoms with Crippen LogP contribution >= 0.6 is 0 Å². The van der Waals surface area contributed by atoms with Crippen molar-refractivity contribution in [1.29, 1.82) is 0 Å². The van der Waals surface area contributed by atoms with E-state index in [-0.39, 0.29) is 12.1 Å². The Kier molecular flexibility index (Phi) is 5.77. The van der Waals surface area contributed by atoms with Crippen molar-refractivity contribution < 1.29 is 14.3 Å². The zero-order valence-electron chi connectivity index (χ0n) is 16.4. The van der Waals surface area contributed by atoms with Crippen LogP contribution in [-0.2, 0) is 11.3 Å². The van der Waals surface area contributed by atoms with Gasteiger partial charge in [0, 0.05) is 24.9 Å². The molecule has 5 nitrogen and oxygen atoms in total. The number of para-hydroxylation sites is 2. The maximum Gasteiger partial charge on any atom is 0.257 e. The molecule has 0 aromatic heterocycles. The molecule has 0 saturated heterocycles. The minimum atomic E-state index is -0.334. The minimum absolute atomic E-state index is 0.0146. The first kappa shape index (κ1) is 19.0. The summed E-state index contributed by atoms with van der Waals surface area (Å²) in [6.45, 7) is 1.40.